The zero-order chi connectivity index (χ0) is 22.3. The molecule has 0 amide bonds. The highest BCUT2D eigenvalue weighted by atomic mass is 31.2. The molecule has 1 saturated carbocycles. The Kier molecular flexibility index (Phi) is 5.57. The van der Waals surface area contributed by atoms with Gasteiger partial charge >= 0.3 is 0 Å². The van der Waals surface area contributed by atoms with Gasteiger partial charge in [0, 0.05) is 79.2 Å². The predicted molar refractivity (Wildman–Crippen MR) is 128 cm³/mol. The van der Waals surface area contributed by atoms with Crippen LogP contribution in [0.2, 0.25) is 0 Å². The molecule has 1 saturated heterocycles. The number of benzene rings is 1. The second kappa shape index (κ2) is 8.39. The lowest BCUT2D eigenvalue weighted by Crippen LogP contribution is -2.38. The number of anilines is 1. The van der Waals surface area contributed by atoms with Crippen LogP contribution in [0, 0.1) is 11.3 Å². The first-order valence-electron chi connectivity index (χ1n) is 11.4. The number of methoxy groups -OCH3 is 1. The Labute approximate surface area is 189 Å². The Morgan fingerprint density at radius 3 is 2.72 bits per heavy atom. The summed E-state index contributed by atoms with van der Waals surface area (Å²) >= 11 is 0. The first kappa shape index (κ1) is 21.2. The molecule has 0 bridgehead atoms. The molecule has 7 heteroatoms. The highest BCUT2D eigenvalue weighted by Gasteiger charge is 2.37. The normalized spacial score (nSPS) is 19.7. The van der Waals surface area contributed by atoms with Crippen LogP contribution in [0.5, 0.6) is 5.75 Å². The fourth-order valence-corrected chi connectivity index (χ4v) is 7.59. The van der Waals surface area contributed by atoms with Gasteiger partial charge in [-0.1, -0.05) is 18.2 Å². The smallest absolute Gasteiger partial charge is 0.123 e. The quantitative estimate of drug-likeness (QED) is 0.680. The van der Waals surface area contributed by atoms with Crippen LogP contribution in [-0.2, 0) is 17.4 Å². The van der Waals surface area contributed by atoms with Gasteiger partial charge in [0.05, 0.1) is 24.4 Å². The Bertz CT molecular complexity index is 1170. The molecule has 32 heavy (non-hydrogen) atoms. The van der Waals surface area contributed by atoms with Crippen molar-refractivity contribution in [1.29, 1.82) is 5.26 Å². The van der Waals surface area contributed by atoms with Gasteiger partial charge in [0.25, 0.3) is 0 Å². The summed E-state index contributed by atoms with van der Waals surface area (Å²) in [7, 11) is 1.17. The van der Waals surface area contributed by atoms with Crippen molar-refractivity contribution in [1.82, 2.24) is 9.88 Å². The van der Waals surface area contributed by atoms with Crippen molar-refractivity contribution < 1.29 is 9.30 Å². The first-order chi connectivity index (χ1) is 15.5. The molecule has 0 spiro atoms. The van der Waals surface area contributed by atoms with Crippen LogP contribution in [-0.4, -0.2) is 55.5 Å². The van der Waals surface area contributed by atoms with Crippen LogP contribution < -0.4 is 15.4 Å². The van der Waals surface area contributed by atoms with Crippen molar-refractivity contribution in [3.8, 4) is 11.8 Å². The van der Waals surface area contributed by atoms with Crippen LogP contribution in [0.25, 0.3) is 5.57 Å². The van der Waals surface area contributed by atoms with E-state index in [1.165, 1.54) is 12.8 Å². The molecule has 5 rings (SSSR count). The molecule has 2 heterocycles. The zero-order valence-electron chi connectivity index (χ0n) is 18.7. The van der Waals surface area contributed by atoms with Crippen LogP contribution in [0.15, 0.2) is 30.3 Å². The summed E-state index contributed by atoms with van der Waals surface area (Å²) in [4.78, 5) is 7.34. The number of nitrogens with one attached hydrogen (secondary N) is 1. The number of rotatable bonds is 6. The number of nitrogens with zero attached hydrogens (tertiary/aromatic N) is 3. The van der Waals surface area contributed by atoms with Crippen molar-refractivity contribution in [3.63, 3.8) is 0 Å². The van der Waals surface area contributed by atoms with Gasteiger partial charge in [-0.2, -0.15) is 5.26 Å². The SMILES string of the molecule is CNc1cc(Cc2ccc(P3(=O)CCN(C4CC4)CC3)cc2OC)nc2c1C(C#N)=CC2. The Morgan fingerprint density at radius 2 is 2.06 bits per heavy atom. The number of allylic oxidation sites excluding steroid dienone is 2. The van der Waals surface area contributed by atoms with Gasteiger partial charge in [-0.05, 0) is 25.0 Å². The van der Waals surface area contributed by atoms with E-state index in [2.05, 4.69) is 16.3 Å². The van der Waals surface area contributed by atoms with Gasteiger partial charge in [-0.25, -0.2) is 0 Å². The van der Waals surface area contributed by atoms with E-state index in [0.29, 0.717) is 18.4 Å². The number of hydrogen-bond acceptors (Lipinski definition) is 6. The Hall–Kier alpha value is -2.61. The van der Waals surface area contributed by atoms with Gasteiger partial charge < -0.3 is 14.6 Å². The number of aromatic nitrogens is 1. The monoisotopic (exact) mass is 448 g/mol. The summed E-state index contributed by atoms with van der Waals surface area (Å²) in [6, 6.07) is 11.1. The summed E-state index contributed by atoms with van der Waals surface area (Å²) in [5.41, 5.74) is 5.42. The van der Waals surface area contributed by atoms with E-state index in [0.717, 1.165) is 70.7 Å². The van der Waals surface area contributed by atoms with Crippen LogP contribution in [0.1, 0.15) is 35.4 Å². The van der Waals surface area contributed by atoms with E-state index < -0.39 is 7.14 Å². The maximum Gasteiger partial charge on any atom is 0.123 e. The van der Waals surface area contributed by atoms with Crippen molar-refractivity contribution in [2.75, 3.05) is 44.9 Å². The van der Waals surface area contributed by atoms with E-state index in [1.807, 2.05) is 37.4 Å². The van der Waals surface area contributed by atoms with E-state index in [-0.39, 0.29) is 0 Å². The van der Waals surface area contributed by atoms with Crippen LogP contribution in [0.3, 0.4) is 0 Å². The molecule has 3 aliphatic rings. The minimum absolute atomic E-state index is 0.618. The molecule has 0 radical (unpaired) electrons. The topological polar surface area (TPSA) is 78.2 Å². The maximum atomic E-state index is 13.7. The lowest BCUT2D eigenvalue weighted by molar-refractivity contribution is 0.285. The van der Waals surface area contributed by atoms with E-state index in [1.54, 1.807) is 7.11 Å². The van der Waals surface area contributed by atoms with Gasteiger partial charge in [-0.15, -0.1) is 0 Å². The molecule has 2 aromatic rings. The van der Waals surface area contributed by atoms with E-state index >= 15 is 0 Å². The summed E-state index contributed by atoms with van der Waals surface area (Å²) in [6.45, 7) is 1.88. The molecule has 6 nitrogen and oxygen atoms in total. The fraction of sp³-hybridized carbons (Fsp3) is 0.440. The fourth-order valence-electron chi connectivity index (χ4n) is 4.99. The van der Waals surface area contributed by atoms with Gasteiger partial charge in [-0.3, -0.25) is 9.88 Å². The second-order valence-electron chi connectivity index (χ2n) is 8.94. The molecule has 0 unspecified atom stereocenters. The van der Waals surface area contributed by atoms with Crippen molar-refractivity contribution in [2.45, 2.75) is 31.7 Å². The molecule has 0 atom stereocenters. The Balaban J connectivity index is 1.39. The lowest BCUT2D eigenvalue weighted by atomic mass is 10.0. The number of hydrogen-bond donors (Lipinski definition) is 1. The van der Waals surface area contributed by atoms with Crippen molar-refractivity contribution in [2.24, 2.45) is 0 Å². The van der Waals surface area contributed by atoms with Gasteiger partial charge in [0.1, 0.15) is 12.9 Å². The molecule has 1 aliphatic heterocycles. The lowest BCUT2D eigenvalue weighted by Gasteiger charge is -2.32. The minimum Gasteiger partial charge on any atom is -0.496 e. The summed E-state index contributed by atoms with van der Waals surface area (Å²) < 4.78 is 19.4. The van der Waals surface area contributed by atoms with Gasteiger partial charge in [0.2, 0.25) is 0 Å². The average molecular weight is 449 g/mol. The van der Waals surface area contributed by atoms with Crippen LogP contribution in [0.4, 0.5) is 5.69 Å². The number of fused-ring (bicyclic) bond motifs is 1. The maximum absolute atomic E-state index is 13.7. The number of ether oxygens (including phenoxy) is 1. The standard InChI is InChI=1S/C25H29N4O2P/c1-27-23-14-19(28-22-8-4-18(16-26)25(22)23)13-17-3-7-21(15-24(17)31-2)32(30)11-9-29(10-12-32)20-5-6-20/h3-4,7,14-15,20H,5-6,8-13H2,1-2H3,(H,27,28). The number of nitriles is 1. The number of pyridine rings is 1. The third-order valence-corrected chi connectivity index (χ3v) is 10.0. The van der Waals surface area contributed by atoms with Crippen molar-refractivity contribution in [3.05, 3.63) is 52.9 Å². The zero-order valence-corrected chi connectivity index (χ0v) is 19.6. The van der Waals surface area contributed by atoms with E-state index in [4.69, 9.17) is 9.72 Å². The molecular formula is C25H29N4O2P. The average Bonchev–Trinajstić information content (AvgIpc) is 3.58. The third kappa shape index (κ3) is 3.85. The third-order valence-electron chi connectivity index (χ3n) is 6.98. The first-order valence-corrected chi connectivity index (χ1v) is 13.4. The molecule has 1 aromatic carbocycles. The minimum atomic E-state index is -2.38. The van der Waals surface area contributed by atoms with Crippen molar-refractivity contribution >= 4 is 23.7 Å². The summed E-state index contributed by atoms with van der Waals surface area (Å²) in [6.07, 6.45) is 7.35. The summed E-state index contributed by atoms with van der Waals surface area (Å²) in [5.74, 6) is 0.770. The summed E-state index contributed by atoms with van der Waals surface area (Å²) in [5, 5.41) is 13.5. The molecule has 166 valence electrons. The second-order valence-corrected chi connectivity index (χ2v) is 12.1. The predicted octanol–water partition coefficient (Wildman–Crippen LogP) is 3.65. The Morgan fingerprint density at radius 1 is 1.28 bits per heavy atom. The molecule has 1 aromatic heterocycles. The largest absolute Gasteiger partial charge is 0.496 e. The molecular weight excluding hydrogens is 419 g/mol. The highest BCUT2D eigenvalue weighted by Crippen LogP contribution is 2.48. The molecule has 2 aliphatic carbocycles. The van der Waals surface area contributed by atoms with Gasteiger partial charge in [0.15, 0.2) is 0 Å². The van der Waals surface area contributed by atoms with E-state index in [9.17, 15) is 9.83 Å². The molecule has 1 N–H and O–H groups in total. The highest BCUT2D eigenvalue weighted by molar-refractivity contribution is 7.71. The molecule has 2 fully saturated rings. The van der Waals surface area contributed by atoms with Crippen LogP contribution >= 0.6 is 7.14 Å².